The topological polar surface area (TPSA) is 63.2 Å². The molecule has 0 atom stereocenters. The highest BCUT2D eigenvalue weighted by Gasteiger charge is 2.11. The summed E-state index contributed by atoms with van der Waals surface area (Å²) in [6.07, 6.45) is 2.57. The van der Waals surface area contributed by atoms with Gasteiger partial charge in [-0.15, -0.1) is 0 Å². The van der Waals surface area contributed by atoms with Gasteiger partial charge in [-0.25, -0.2) is 4.98 Å². The summed E-state index contributed by atoms with van der Waals surface area (Å²) in [6.45, 7) is 2.91. The Labute approximate surface area is 124 Å². The van der Waals surface area contributed by atoms with E-state index < -0.39 is 0 Å². The highest BCUT2D eigenvalue weighted by Crippen LogP contribution is 2.18. The molecule has 1 aromatic heterocycles. The number of hydrogen-bond donors (Lipinski definition) is 2. The Bertz CT molecular complexity index is 597. The molecule has 1 amide bonds. The van der Waals surface area contributed by atoms with Crippen molar-refractivity contribution in [2.75, 3.05) is 24.3 Å². The Morgan fingerprint density at radius 1 is 1.24 bits per heavy atom. The van der Waals surface area contributed by atoms with Gasteiger partial charge in [0.25, 0.3) is 5.91 Å². The molecule has 0 aliphatic carbocycles. The van der Waals surface area contributed by atoms with Crippen LogP contribution in [0.2, 0.25) is 0 Å². The van der Waals surface area contributed by atoms with Crippen LogP contribution in [0.4, 0.5) is 11.4 Å². The highest BCUT2D eigenvalue weighted by molar-refractivity contribution is 6.07. The van der Waals surface area contributed by atoms with E-state index in [1.807, 2.05) is 18.2 Å². The number of anilines is 2. The smallest absolute Gasteiger partial charge is 0.257 e. The van der Waals surface area contributed by atoms with Gasteiger partial charge in [-0.3, -0.25) is 4.79 Å². The summed E-state index contributed by atoms with van der Waals surface area (Å²) < 4.78 is 4.99. The summed E-state index contributed by atoms with van der Waals surface area (Å²) in [5.74, 6) is 0.346. The Balaban J connectivity index is 2.12. The van der Waals surface area contributed by atoms with Crippen LogP contribution in [0.25, 0.3) is 0 Å². The van der Waals surface area contributed by atoms with Crippen LogP contribution in [0.15, 0.2) is 42.6 Å². The summed E-state index contributed by atoms with van der Waals surface area (Å²) in [6, 6.07) is 10.9. The molecule has 0 saturated heterocycles. The van der Waals surface area contributed by atoms with Gasteiger partial charge in [0.15, 0.2) is 0 Å². The molecule has 0 aliphatic heterocycles. The Kier molecular flexibility index (Phi) is 5.15. The molecule has 110 valence electrons. The lowest BCUT2D eigenvalue weighted by molar-refractivity contribution is 0.102. The number of rotatable bonds is 6. The second-order valence-electron chi connectivity index (χ2n) is 4.52. The molecule has 0 bridgehead atoms. The summed E-state index contributed by atoms with van der Waals surface area (Å²) in [7, 11) is 1.55. The van der Waals surface area contributed by atoms with E-state index in [1.54, 1.807) is 31.5 Å². The summed E-state index contributed by atoms with van der Waals surface area (Å²) in [4.78, 5) is 16.4. The first-order valence-corrected chi connectivity index (χ1v) is 6.89. The van der Waals surface area contributed by atoms with E-state index in [9.17, 15) is 4.79 Å². The molecule has 0 unspecified atom stereocenters. The van der Waals surface area contributed by atoms with Crippen LogP contribution in [-0.4, -0.2) is 24.5 Å². The molecule has 5 nitrogen and oxygen atoms in total. The molecule has 0 saturated carbocycles. The number of nitrogens with zero attached hydrogens (tertiary/aromatic N) is 1. The zero-order valence-electron chi connectivity index (χ0n) is 12.2. The fourth-order valence-corrected chi connectivity index (χ4v) is 1.87. The fraction of sp³-hybridized carbons (Fsp3) is 0.250. The lowest BCUT2D eigenvalue weighted by Crippen LogP contribution is -2.15. The van der Waals surface area contributed by atoms with E-state index in [2.05, 4.69) is 22.5 Å². The predicted molar refractivity (Wildman–Crippen MR) is 84.0 cm³/mol. The maximum atomic E-state index is 12.3. The minimum absolute atomic E-state index is 0.166. The van der Waals surface area contributed by atoms with E-state index in [-0.39, 0.29) is 5.91 Å². The number of hydrogen-bond acceptors (Lipinski definition) is 4. The third kappa shape index (κ3) is 3.95. The van der Waals surface area contributed by atoms with Crippen molar-refractivity contribution in [1.82, 2.24) is 4.98 Å². The minimum atomic E-state index is -0.166. The third-order valence-corrected chi connectivity index (χ3v) is 2.94. The van der Waals surface area contributed by atoms with Crippen LogP contribution in [-0.2, 0) is 0 Å². The van der Waals surface area contributed by atoms with Crippen molar-refractivity contribution in [2.24, 2.45) is 0 Å². The maximum absolute atomic E-state index is 12.3. The van der Waals surface area contributed by atoms with Crippen molar-refractivity contribution in [3.8, 4) is 5.88 Å². The fourth-order valence-electron chi connectivity index (χ4n) is 1.87. The number of aromatic nitrogens is 1. The highest BCUT2D eigenvalue weighted by atomic mass is 16.5. The van der Waals surface area contributed by atoms with Crippen LogP contribution >= 0.6 is 0 Å². The van der Waals surface area contributed by atoms with E-state index >= 15 is 0 Å². The van der Waals surface area contributed by atoms with Crippen molar-refractivity contribution in [3.05, 3.63) is 48.2 Å². The SMILES string of the molecule is CCCNc1ccccc1C(=O)Nc1ccc(OC)nc1. The number of methoxy groups -OCH3 is 1. The molecule has 0 aliphatic rings. The van der Waals surface area contributed by atoms with Gasteiger partial charge in [-0.05, 0) is 24.6 Å². The van der Waals surface area contributed by atoms with Crippen LogP contribution in [0.1, 0.15) is 23.7 Å². The van der Waals surface area contributed by atoms with E-state index in [0.717, 1.165) is 18.7 Å². The average molecular weight is 285 g/mol. The first kappa shape index (κ1) is 14.8. The molecule has 5 heteroatoms. The molecule has 21 heavy (non-hydrogen) atoms. The van der Waals surface area contributed by atoms with Crippen molar-refractivity contribution >= 4 is 17.3 Å². The summed E-state index contributed by atoms with van der Waals surface area (Å²) in [5, 5.41) is 6.08. The first-order valence-electron chi connectivity index (χ1n) is 6.89. The molecule has 1 aromatic carbocycles. The maximum Gasteiger partial charge on any atom is 0.257 e. The third-order valence-electron chi connectivity index (χ3n) is 2.94. The number of amides is 1. The van der Waals surface area contributed by atoms with Crippen molar-refractivity contribution in [1.29, 1.82) is 0 Å². The molecule has 2 aromatic rings. The van der Waals surface area contributed by atoms with Gasteiger partial charge in [0.1, 0.15) is 0 Å². The van der Waals surface area contributed by atoms with Gasteiger partial charge < -0.3 is 15.4 Å². The molecule has 0 radical (unpaired) electrons. The van der Waals surface area contributed by atoms with Crippen molar-refractivity contribution in [2.45, 2.75) is 13.3 Å². The number of benzene rings is 1. The number of carbonyl (C=O) groups is 1. The van der Waals surface area contributed by atoms with Gasteiger partial charge in [-0.2, -0.15) is 0 Å². The number of carbonyl (C=O) groups excluding carboxylic acids is 1. The minimum Gasteiger partial charge on any atom is -0.481 e. The van der Waals surface area contributed by atoms with Gasteiger partial charge in [0.2, 0.25) is 5.88 Å². The number of para-hydroxylation sites is 1. The Morgan fingerprint density at radius 2 is 2.05 bits per heavy atom. The molecule has 0 spiro atoms. The Morgan fingerprint density at radius 3 is 2.71 bits per heavy atom. The van der Waals surface area contributed by atoms with Crippen LogP contribution in [0.3, 0.4) is 0 Å². The standard InChI is InChI=1S/C16H19N3O2/c1-3-10-17-14-7-5-4-6-13(14)16(20)19-12-8-9-15(21-2)18-11-12/h4-9,11,17H,3,10H2,1-2H3,(H,19,20). The van der Waals surface area contributed by atoms with E-state index in [1.165, 1.54) is 0 Å². The lowest BCUT2D eigenvalue weighted by Gasteiger charge is -2.11. The molecular formula is C16H19N3O2. The predicted octanol–water partition coefficient (Wildman–Crippen LogP) is 3.16. The van der Waals surface area contributed by atoms with Crippen LogP contribution < -0.4 is 15.4 Å². The monoisotopic (exact) mass is 285 g/mol. The number of pyridine rings is 1. The van der Waals surface area contributed by atoms with E-state index in [4.69, 9.17) is 4.74 Å². The largest absolute Gasteiger partial charge is 0.481 e. The van der Waals surface area contributed by atoms with E-state index in [0.29, 0.717) is 17.1 Å². The van der Waals surface area contributed by atoms with Gasteiger partial charge in [-0.1, -0.05) is 19.1 Å². The Hall–Kier alpha value is -2.56. The van der Waals surface area contributed by atoms with Crippen LogP contribution in [0, 0.1) is 0 Å². The normalized spacial score (nSPS) is 10.0. The van der Waals surface area contributed by atoms with Gasteiger partial charge >= 0.3 is 0 Å². The number of nitrogens with one attached hydrogen (secondary N) is 2. The zero-order valence-corrected chi connectivity index (χ0v) is 12.2. The number of ether oxygens (including phenoxy) is 1. The van der Waals surface area contributed by atoms with Crippen molar-refractivity contribution < 1.29 is 9.53 Å². The molecule has 0 fully saturated rings. The quantitative estimate of drug-likeness (QED) is 0.855. The lowest BCUT2D eigenvalue weighted by atomic mass is 10.1. The van der Waals surface area contributed by atoms with Gasteiger partial charge in [0, 0.05) is 18.3 Å². The van der Waals surface area contributed by atoms with Gasteiger partial charge in [0.05, 0.1) is 24.6 Å². The summed E-state index contributed by atoms with van der Waals surface area (Å²) in [5.41, 5.74) is 2.08. The average Bonchev–Trinajstić information content (AvgIpc) is 2.54. The second-order valence-corrected chi connectivity index (χ2v) is 4.52. The second kappa shape index (κ2) is 7.28. The molecule has 2 N–H and O–H groups in total. The van der Waals surface area contributed by atoms with Crippen LogP contribution in [0.5, 0.6) is 5.88 Å². The molecule has 2 rings (SSSR count). The molecule has 1 heterocycles. The zero-order chi connectivity index (χ0) is 15.1. The first-order chi connectivity index (χ1) is 10.2. The molecular weight excluding hydrogens is 266 g/mol. The summed E-state index contributed by atoms with van der Waals surface area (Å²) >= 11 is 0. The van der Waals surface area contributed by atoms with Crippen molar-refractivity contribution in [3.63, 3.8) is 0 Å².